The number of aromatic nitrogens is 2. The Morgan fingerprint density at radius 2 is 1.96 bits per heavy atom. The van der Waals surface area contributed by atoms with Crippen LogP contribution in [0.5, 0.6) is 0 Å². The van der Waals surface area contributed by atoms with Crippen molar-refractivity contribution in [1.29, 1.82) is 0 Å². The van der Waals surface area contributed by atoms with E-state index in [0.29, 0.717) is 12.1 Å². The molecule has 23 heavy (non-hydrogen) atoms. The fourth-order valence-electron chi connectivity index (χ4n) is 1.88. The number of esters is 1. The summed E-state index contributed by atoms with van der Waals surface area (Å²) in [5, 5.41) is 3.84. The van der Waals surface area contributed by atoms with E-state index in [1.165, 1.54) is 24.3 Å². The van der Waals surface area contributed by atoms with Crippen molar-refractivity contribution in [3.8, 4) is 5.69 Å². The molecular weight excluding hydrogens is 323 g/mol. The Hall–Kier alpha value is -2.22. The van der Waals surface area contributed by atoms with Gasteiger partial charge in [0.15, 0.2) is 20.6 Å². The summed E-state index contributed by atoms with van der Waals surface area (Å²) in [4.78, 5) is 11.9. The highest BCUT2D eigenvalue weighted by Crippen LogP contribution is 2.18. The summed E-state index contributed by atoms with van der Waals surface area (Å²) in [6.45, 7) is 2.20. The second kappa shape index (κ2) is 6.91. The Bertz CT molecular complexity index is 797. The van der Waals surface area contributed by atoms with Gasteiger partial charge in [-0.1, -0.05) is 13.3 Å². The van der Waals surface area contributed by atoms with Gasteiger partial charge in [-0.2, -0.15) is 5.10 Å². The third kappa shape index (κ3) is 4.16. The molecule has 2 rings (SSSR count). The van der Waals surface area contributed by atoms with Crippen molar-refractivity contribution < 1.29 is 22.3 Å². The lowest BCUT2D eigenvalue weighted by Gasteiger charge is -2.05. The molecule has 0 unspecified atom stereocenters. The summed E-state index contributed by atoms with van der Waals surface area (Å²) < 4.78 is 43.0. The maximum Gasteiger partial charge on any atom is 0.358 e. The molecular formula is C15H17FN2O4S. The molecule has 8 heteroatoms. The fraction of sp³-hybridized carbons (Fsp3) is 0.333. The monoisotopic (exact) mass is 340 g/mol. The van der Waals surface area contributed by atoms with Gasteiger partial charge >= 0.3 is 5.97 Å². The van der Waals surface area contributed by atoms with Crippen LogP contribution in [0, 0.1) is 5.82 Å². The summed E-state index contributed by atoms with van der Waals surface area (Å²) in [5.41, 5.74) is 0.227. The number of carbonyl (C=O) groups is 1. The number of unbranched alkanes of at least 4 members (excludes halogenated alkanes) is 1. The van der Waals surface area contributed by atoms with Crippen LogP contribution in [0.1, 0.15) is 30.3 Å². The van der Waals surface area contributed by atoms with Crippen molar-refractivity contribution in [3.05, 3.63) is 41.8 Å². The van der Waals surface area contributed by atoms with E-state index in [0.717, 1.165) is 23.4 Å². The number of rotatable bonds is 6. The molecule has 1 aromatic carbocycles. The second-order valence-corrected chi connectivity index (χ2v) is 6.98. The van der Waals surface area contributed by atoms with Gasteiger partial charge in [-0.15, -0.1) is 0 Å². The maximum absolute atomic E-state index is 13.0. The zero-order valence-electron chi connectivity index (χ0n) is 12.8. The summed E-state index contributed by atoms with van der Waals surface area (Å²) in [7, 11) is -3.63. The van der Waals surface area contributed by atoms with Crippen LogP contribution in [-0.2, 0) is 14.6 Å². The van der Waals surface area contributed by atoms with E-state index in [1.54, 1.807) is 0 Å². The van der Waals surface area contributed by atoms with E-state index < -0.39 is 21.6 Å². The largest absolute Gasteiger partial charge is 0.461 e. The quantitative estimate of drug-likeness (QED) is 0.596. The molecule has 0 radical (unpaired) electrons. The van der Waals surface area contributed by atoms with E-state index in [2.05, 4.69) is 5.10 Å². The smallest absolute Gasteiger partial charge is 0.358 e. The lowest BCUT2D eigenvalue weighted by Crippen LogP contribution is -2.09. The highest BCUT2D eigenvalue weighted by atomic mass is 32.2. The first kappa shape index (κ1) is 17.1. The predicted molar refractivity (Wildman–Crippen MR) is 81.8 cm³/mol. The first-order valence-electron chi connectivity index (χ1n) is 7.06. The Labute approximate surface area is 133 Å². The first-order valence-corrected chi connectivity index (χ1v) is 8.95. The molecule has 0 aliphatic rings. The third-order valence-corrected chi connectivity index (χ3v) is 4.12. The van der Waals surface area contributed by atoms with Gasteiger partial charge in [-0.05, 0) is 30.7 Å². The highest BCUT2D eigenvalue weighted by molar-refractivity contribution is 7.90. The Kier molecular flexibility index (Phi) is 5.15. The van der Waals surface area contributed by atoms with Crippen molar-refractivity contribution >= 4 is 15.8 Å². The van der Waals surface area contributed by atoms with Gasteiger partial charge in [-0.25, -0.2) is 22.3 Å². The molecule has 0 atom stereocenters. The molecule has 0 spiro atoms. The van der Waals surface area contributed by atoms with Crippen LogP contribution in [0.2, 0.25) is 0 Å². The zero-order valence-corrected chi connectivity index (χ0v) is 13.6. The van der Waals surface area contributed by atoms with Crippen molar-refractivity contribution in [3.63, 3.8) is 0 Å². The summed E-state index contributed by atoms with van der Waals surface area (Å²) >= 11 is 0. The van der Waals surface area contributed by atoms with E-state index >= 15 is 0 Å². The number of hydrogen-bond acceptors (Lipinski definition) is 5. The number of sulfone groups is 1. The van der Waals surface area contributed by atoms with Crippen LogP contribution in [-0.4, -0.2) is 37.0 Å². The van der Waals surface area contributed by atoms with Gasteiger partial charge in [0.1, 0.15) is 5.82 Å². The van der Waals surface area contributed by atoms with E-state index in [-0.39, 0.29) is 17.3 Å². The average molecular weight is 340 g/mol. The SMILES string of the molecule is CCCCOC(=O)c1cc(S(C)(=O)=O)n(-c2ccc(F)cc2)n1. The second-order valence-electron chi connectivity index (χ2n) is 5.02. The summed E-state index contributed by atoms with van der Waals surface area (Å²) in [6, 6.07) is 6.28. The minimum Gasteiger partial charge on any atom is -0.461 e. The van der Waals surface area contributed by atoms with Crippen LogP contribution >= 0.6 is 0 Å². The van der Waals surface area contributed by atoms with E-state index in [1.807, 2.05) is 6.92 Å². The minimum absolute atomic E-state index is 0.106. The van der Waals surface area contributed by atoms with Gasteiger partial charge in [0, 0.05) is 12.3 Å². The number of ether oxygens (including phenoxy) is 1. The van der Waals surface area contributed by atoms with Crippen LogP contribution in [0.15, 0.2) is 35.4 Å². The molecule has 0 amide bonds. The van der Waals surface area contributed by atoms with Crippen LogP contribution in [0.4, 0.5) is 4.39 Å². The maximum atomic E-state index is 13.0. The van der Waals surface area contributed by atoms with Gasteiger partial charge in [-0.3, -0.25) is 0 Å². The van der Waals surface area contributed by atoms with Gasteiger partial charge < -0.3 is 4.74 Å². The molecule has 2 aromatic rings. The lowest BCUT2D eigenvalue weighted by atomic mass is 10.3. The molecule has 0 saturated heterocycles. The zero-order chi connectivity index (χ0) is 17.0. The average Bonchev–Trinajstić information content (AvgIpc) is 2.93. The molecule has 1 aromatic heterocycles. The number of halogens is 1. The highest BCUT2D eigenvalue weighted by Gasteiger charge is 2.22. The Balaban J connectivity index is 2.41. The fourth-order valence-corrected chi connectivity index (χ4v) is 2.66. The van der Waals surface area contributed by atoms with Crippen molar-refractivity contribution in [1.82, 2.24) is 9.78 Å². The van der Waals surface area contributed by atoms with Gasteiger partial charge in [0.05, 0.1) is 12.3 Å². The molecule has 124 valence electrons. The number of carbonyl (C=O) groups excluding carboxylic acids is 1. The number of hydrogen-bond donors (Lipinski definition) is 0. The summed E-state index contributed by atoms with van der Waals surface area (Å²) in [5.74, 6) is -1.15. The van der Waals surface area contributed by atoms with Crippen molar-refractivity contribution in [2.45, 2.75) is 24.8 Å². The molecule has 1 heterocycles. The number of nitrogens with zero attached hydrogens (tertiary/aromatic N) is 2. The topological polar surface area (TPSA) is 78.3 Å². The van der Waals surface area contributed by atoms with Crippen LogP contribution < -0.4 is 0 Å². The minimum atomic E-state index is -3.63. The van der Waals surface area contributed by atoms with Gasteiger partial charge in [0.2, 0.25) is 0 Å². The van der Waals surface area contributed by atoms with Gasteiger partial charge in [0.25, 0.3) is 0 Å². The molecule has 0 saturated carbocycles. The Morgan fingerprint density at radius 3 is 2.52 bits per heavy atom. The molecule has 0 N–H and O–H groups in total. The molecule has 0 bridgehead atoms. The van der Waals surface area contributed by atoms with Crippen molar-refractivity contribution in [2.75, 3.05) is 12.9 Å². The van der Waals surface area contributed by atoms with Crippen LogP contribution in [0.25, 0.3) is 5.69 Å². The molecule has 0 fully saturated rings. The normalized spacial score (nSPS) is 11.4. The third-order valence-electron chi connectivity index (χ3n) is 3.07. The molecule has 6 nitrogen and oxygen atoms in total. The lowest BCUT2D eigenvalue weighted by molar-refractivity contribution is 0.0492. The summed E-state index contributed by atoms with van der Waals surface area (Å²) in [6.07, 6.45) is 2.59. The molecule has 0 aliphatic heterocycles. The van der Waals surface area contributed by atoms with Crippen LogP contribution in [0.3, 0.4) is 0 Å². The molecule has 0 aliphatic carbocycles. The Morgan fingerprint density at radius 1 is 1.30 bits per heavy atom. The standard InChI is InChI=1S/C15H17FN2O4S/c1-3-4-9-22-15(19)13-10-14(23(2,20)21)18(17-13)12-7-5-11(16)6-8-12/h5-8,10H,3-4,9H2,1-2H3. The first-order chi connectivity index (χ1) is 10.8. The predicted octanol–water partition coefficient (Wildman–Crippen LogP) is 2.37. The number of benzene rings is 1. The van der Waals surface area contributed by atoms with E-state index in [4.69, 9.17) is 4.74 Å². The van der Waals surface area contributed by atoms with E-state index in [9.17, 15) is 17.6 Å². The van der Waals surface area contributed by atoms with Crippen molar-refractivity contribution in [2.24, 2.45) is 0 Å².